The second kappa shape index (κ2) is 12.6. The van der Waals surface area contributed by atoms with Gasteiger partial charge in [-0.2, -0.15) is 0 Å². The first-order valence-electron chi connectivity index (χ1n) is 14.0. The SMILES string of the molecule is CC(C)NC(=O)[C@H](Cc1ccccc1)N(Cc1cccc(Cl)c1)C(=O)CCCN1C(=O)c2cccc3cccc1c23. The third-order valence-electron chi connectivity index (χ3n) is 7.37. The normalized spacial score (nSPS) is 13.1. The molecule has 1 atom stereocenters. The first-order chi connectivity index (χ1) is 19.8. The van der Waals surface area contributed by atoms with Crippen molar-refractivity contribution in [1.29, 1.82) is 0 Å². The number of amides is 3. The van der Waals surface area contributed by atoms with Crippen LogP contribution in [0.4, 0.5) is 5.69 Å². The fourth-order valence-corrected chi connectivity index (χ4v) is 5.71. The first-order valence-corrected chi connectivity index (χ1v) is 14.4. The number of carbonyl (C=O) groups excluding carboxylic acids is 3. The van der Waals surface area contributed by atoms with Crippen LogP contribution in [-0.4, -0.2) is 41.2 Å². The van der Waals surface area contributed by atoms with Crippen molar-refractivity contribution < 1.29 is 14.4 Å². The van der Waals surface area contributed by atoms with E-state index in [0.717, 1.165) is 27.6 Å². The van der Waals surface area contributed by atoms with Crippen molar-refractivity contribution in [1.82, 2.24) is 10.2 Å². The van der Waals surface area contributed by atoms with Crippen molar-refractivity contribution in [3.8, 4) is 0 Å². The molecule has 0 radical (unpaired) electrons. The van der Waals surface area contributed by atoms with Crippen LogP contribution in [0.15, 0.2) is 91.0 Å². The Kier molecular flexibility index (Phi) is 8.70. The molecule has 0 spiro atoms. The summed E-state index contributed by atoms with van der Waals surface area (Å²) in [4.78, 5) is 44.1. The highest BCUT2D eigenvalue weighted by Crippen LogP contribution is 2.37. The monoisotopic (exact) mass is 567 g/mol. The Hall–Kier alpha value is -4.16. The fourth-order valence-electron chi connectivity index (χ4n) is 5.50. The van der Waals surface area contributed by atoms with Crippen LogP contribution in [0.1, 0.15) is 48.2 Å². The topological polar surface area (TPSA) is 69.7 Å². The molecular weight excluding hydrogens is 534 g/mol. The average Bonchev–Trinajstić information content (AvgIpc) is 3.23. The zero-order valence-corrected chi connectivity index (χ0v) is 24.1. The van der Waals surface area contributed by atoms with Gasteiger partial charge in [0.1, 0.15) is 6.04 Å². The molecule has 0 aromatic heterocycles. The van der Waals surface area contributed by atoms with Crippen LogP contribution in [-0.2, 0) is 22.6 Å². The van der Waals surface area contributed by atoms with Crippen LogP contribution in [0, 0.1) is 0 Å². The van der Waals surface area contributed by atoms with Gasteiger partial charge in [0.05, 0.1) is 5.69 Å². The van der Waals surface area contributed by atoms with E-state index in [1.54, 1.807) is 15.9 Å². The lowest BCUT2D eigenvalue weighted by Crippen LogP contribution is -2.51. The summed E-state index contributed by atoms with van der Waals surface area (Å²) in [7, 11) is 0. The number of hydrogen-bond donors (Lipinski definition) is 1. The molecular formula is C34H34ClN3O3. The van der Waals surface area contributed by atoms with Gasteiger partial charge >= 0.3 is 0 Å². The zero-order chi connectivity index (χ0) is 28.9. The molecule has 210 valence electrons. The highest BCUT2D eigenvalue weighted by Gasteiger charge is 2.32. The smallest absolute Gasteiger partial charge is 0.258 e. The average molecular weight is 568 g/mol. The van der Waals surface area contributed by atoms with Crippen LogP contribution in [0.5, 0.6) is 0 Å². The molecule has 3 amide bonds. The number of carbonyl (C=O) groups is 3. The Morgan fingerprint density at radius 1 is 0.902 bits per heavy atom. The Bertz CT molecular complexity index is 1570. The van der Waals surface area contributed by atoms with E-state index in [4.69, 9.17) is 11.6 Å². The number of rotatable bonds is 11. The summed E-state index contributed by atoms with van der Waals surface area (Å²) in [6, 6.07) is 28.0. The summed E-state index contributed by atoms with van der Waals surface area (Å²) < 4.78 is 0. The van der Waals surface area contributed by atoms with Crippen LogP contribution >= 0.6 is 11.6 Å². The Balaban J connectivity index is 1.37. The van der Waals surface area contributed by atoms with Crippen molar-refractivity contribution in [3.63, 3.8) is 0 Å². The van der Waals surface area contributed by atoms with E-state index in [9.17, 15) is 14.4 Å². The van der Waals surface area contributed by atoms with Crippen molar-refractivity contribution >= 4 is 45.8 Å². The molecule has 0 saturated carbocycles. The molecule has 7 heteroatoms. The van der Waals surface area contributed by atoms with E-state index in [0.29, 0.717) is 30.0 Å². The lowest BCUT2D eigenvalue weighted by atomic mass is 10.0. The number of hydrogen-bond acceptors (Lipinski definition) is 3. The molecule has 0 aliphatic carbocycles. The quantitative estimate of drug-likeness (QED) is 0.228. The lowest BCUT2D eigenvalue weighted by molar-refractivity contribution is -0.141. The molecule has 1 aliphatic rings. The number of benzene rings is 4. The van der Waals surface area contributed by atoms with Gasteiger partial charge in [0.2, 0.25) is 11.8 Å². The highest BCUT2D eigenvalue weighted by molar-refractivity contribution is 6.30. The van der Waals surface area contributed by atoms with Crippen molar-refractivity contribution in [3.05, 3.63) is 113 Å². The summed E-state index contributed by atoms with van der Waals surface area (Å²) in [6.45, 7) is 4.47. The lowest BCUT2D eigenvalue weighted by Gasteiger charge is -2.32. The molecule has 41 heavy (non-hydrogen) atoms. The summed E-state index contributed by atoms with van der Waals surface area (Å²) in [6.07, 6.45) is 1.04. The van der Waals surface area contributed by atoms with E-state index in [1.807, 2.05) is 98.8 Å². The third kappa shape index (κ3) is 6.44. The van der Waals surface area contributed by atoms with E-state index >= 15 is 0 Å². The predicted octanol–water partition coefficient (Wildman–Crippen LogP) is 6.40. The largest absolute Gasteiger partial charge is 0.352 e. The zero-order valence-electron chi connectivity index (χ0n) is 23.3. The van der Waals surface area contributed by atoms with Crippen LogP contribution in [0.3, 0.4) is 0 Å². The summed E-state index contributed by atoms with van der Waals surface area (Å²) in [5.74, 6) is -0.387. The number of halogens is 1. The van der Waals surface area contributed by atoms with Crippen molar-refractivity contribution in [2.75, 3.05) is 11.4 Å². The maximum Gasteiger partial charge on any atom is 0.258 e. The first kappa shape index (κ1) is 28.4. The molecule has 1 N–H and O–H groups in total. The molecule has 4 aromatic rings. The van der Waals surface area contributed by atoms with E-state index < -0.39 is 6.04 Å². The second-order valence-corrected chi connectivity index (χ2v) is 11.2. The minimum atomic E-state index is -0.710. The predicted molar refractivity (Wildman–Crippen MR) is 164 cm³/mol. The van der Waals surface area contributed by atoms with Crippen LogP contribution in [0.25, 0.3) is 10.8 Å². The Morgan fingerprint density at radius 2 is 1.61 bits per heavy atom. The maximum atomic E-state index is 13.9. The minimum Gasteiger partial charge on any atom is -0.352 e. The second-order valence-electron chi connectivity index (χ2n) is 10.8. The van der Waals surface area contributed by atoms with E-state index in [1.165, 1.54) is 0 Å². The van der Waals surface area contributed by atoms with Gasteiger partial charge in [-0.15, -0.1) is 0 Å². The minimum absolute atomic E-state index is 0.0432. The number of nitrogens with zero attached hydrogens (tertiary/aromatic N) is 2. The van der Waals surface area contributed by atoms with Gasteiger partial charge in [-0.1, -0.05) is 78.3 Å². The van der Waals surface area contributed by atoms with Gasteiger partial charge in [-0.05, 0) is 61.0 Å². The van der Waals surface area contributed by atoms with E-state index in [-0.39, 0.29) is 36.7 Å². The molecule has 0 fully saturated rings. The molecule has 1 aliphatic heterocycles. The summed E-state index contributed by atoms with van der Waals surface area (Å²) in [5.41, 5.74) is 3.39. The molecule has 4 aromatic carbocycles. The van der Waals surface area contributed by atoms with Gasteiger partial charge in [-0.3, -0.25) is 14.4 Å². The molecule has 0 saturated heterocycles. The number of anilines is 1. The van der Waals surface area contributed by atoms with Crippen molar-refractivity contribution in [2.24, 2.45) is 0 Å². The van der Waals surface area contributed by atoms with Crippen molar-refractivity contribution in [2.45, 2.75) is 51.7 Å². The van der Waals surface area contributed by atoms with E-state index in [2.05, 4.69) is 5.32 Å². The van der Waals surface area contributed by atoms with Gasteiger partial charge in [-0.25, -0.2) is 0 Å². The fraction of sp³-hybridized carbons (Fsp3) is 0.265. The highest BCUT2D eigenvalue weighted by atomic mass is 35.5. The molecule has 0 unspecified atom stereocenters. The van der Waals surface area contributed by atoms with Gasteiger partial charge in [0.25, 0.3) is 5.91 Å². The number of nitrogens with one attached hydrogen (secondary N) is 1. The molecule has 0 bridgehead atoms. The van der Waals surface area contributed by atoms with Gasteiger partial charge < -0.3 is 15.1 Å². The maximum absolute atomic E-state index is 13.9. The molecule has 1 heterocycles. The Morgan fingerprint density at radius 3 is 2.34 bits per heavy atom. The summed E-state index contributed by atoms with van der Waals surface area (Å²) in [5, 5.41) is 5.57. The molecule has 6 nitrogen and oxygen atoms in total. The van der Waals surface area contributed by atoms with Gasteiger partial charge in [0, 0.05) is 47.9 Å². The molecule has 5 rings (SSSR count). The van der Waals surface area contributed by atoms with Gasteiger partial charge in [0.15, 0.2) is 0 Å². The summed E-state index contributed by atoms with van der Waals surface area (Å²) >= 11 is 6.27. The Labute approximate surface area is 245 Å². The van der Waals surface area contributed by atoms with Crippen LogP contribution in [0.2, 0.25) is 5.02 Å². The standard InChI is InChI=1S/C34H34ClN3O3/c1-23(2)36-33(40)30(21-24-10-4-3-5-11-24)38(22-25-12-6-15-27(35)20-25)31(39)18-9-19-37-29-17-8-14-26-13-7-16-28(32(26)29)34(37)41/h3-8,10-17,20,23,30H,9,18-19,21-22H2,1-2H3,(H,36,40)/t30-/m0/s1. The van der Waals surface area contributed by atoms with Crippen LogP contribution < -0.4 is 10.2 Å². The third-order valence-corrected chi connectivity index (χ3v) is 7.60.